The number of aromatic amines is 1. The largest absolute Gasteiger partial charge is 0.374 e. The lowest BCUT2D eigenvalue weighted by Gasteiger charge is -2.38. The minimum Gasteiger partial charge on any atom is -0.374 e. The summed E-state index contributed by atoms with van der Waals surface area (Å²) in [6, 6.07) is 2.25. The van der Waals surface area contributed by atoms with E-state index in [0.717, 1.165) is 12.1 Å². The molecular weight excluding hydrogens is 318 g/mol. The van der Waals surface area contributed by atoms with Crippen LogP contribution in [0.4, 0.5) is 0 Å². The molecule has 1 aliphatic heterocycles. The first-order valence-corrected chi connectivity index (χ1v) is 8.40. The Labute approximate surface area is 147 Å². The Kier molecular flexibility index (Phi) is 4.75. The molecule has 3 rings (SSSR count). The molecule has 0 saturated heterocycles. The molecule has 2 heterocycles. The minimum absolute atomic E-state index is 0.0647. The van der Waals surface area contributed by atoms with E-state index in [9.17, 15) is 10.1 Å². The van der Waals surface area contributed by atoms with Gasteiger partial charge >= 0.3 is 0 Å². The Bertz CT molecular complexity index is 768. The number of dihydropyridines is 1. The number of Topliss-reactive ketones (excluding diaryl/α,β-unsaturated/α-hetero) is 1. The number of carbonyl (C=O) groups is 1. The molecule has 0 spiro atoms. The van der Waals surface area contributed by atoms with Crippen LogP contribution >= 0.6 is 0 Å². The molecule has 25 heavy (non-hydrogen) atoms. The molecule has 1 aromatic rings. The number of nitrogens with one attached hydrogen (secondary N) is 2. The van der Waals surface area contributed by atoms with E-state index in [0.29, 0.717) is 42.2 Å². The summed E-state index contributed by atoms with van der Waals surface area (Å²) in [6.07, 6.45) is 4.54. The Morgan fingerprint density at radius 3 is 2.92 bits per heavy atom. The summed E-state index contributed by atoms with van der Waals surface area (Å²) < 4.78 is 5.54. The van der Waals surface area contributed by atoms with Crippen LogP contribution in [0.2, 0.25) is 0 Å². The second kappa shape index (κ2) is 6.82. The van der Waals surface area contributed by atoms with E-state index < -0.39 is 5.92 Å². The van der Waals surface area contributed by atoms with Crippen LogP contribution in [-0.4, -0.2) is 35.5 Å². The third-order valence-electron chi connectivity index (χ3n) is 4.55. The molecule has 4 N–H and O–H groups in total. The van der Waals surface area contributed by atoms with Gasteiger partial charge in [0.15, 0.2) is 5.78 Å². The average Bonchev–Trinajstić information content (AvgIpc) is 3.06. The van der Waals surface area contributed by atoms with Gasteiger partial charge in [0.05, 0.1) is 36.5 Å². The van der Waals surface area contributed by atoms with Crippen LogP contribution in [0, 0.1) is 16.7 Å². The van der Waals surface area contributed by atoms with Gasteiger partial charge in [0.25, 0.3) is 0 Å². The zero-order valence-corrected chi connectivity index (χ0v) is 14.6. The quantitative estimate of drug-likeness (QED) is 0.699. The maximum atomic E-state index is 12.9. The van der Waals surface area contributed by atoms with Crippen molar-refractivity contribution in [2.45, 2.75) is 32.6 Å². The number of aromatic nitrogens is 2. The van der Waals surface area contributed by atoms with Crippen molar-refractivity contribution < 1.29 is 9.53 Å². The number of nitrogens with zero attached hydrogens (tertiary/aromatic N) is 2. The van der Waals surface area contributed by atoms with Gasteiger partial charge < -0.3 is 20.8 Å². The molecule has 0 radical (unpaired) electrons. The van der Waals surface area contributed by atoms with Gasteiger partial charge in [0, 0.05) is 36.6 Å². The molecule has 1 unspecified atom stereocenters. The summed E-state index contributed by atoms with van der Waals surface area (Å²) in [5, 5.41) is 13.1. The predicted octanol–water partition coefficient (Wildman–Crippen LogP) is 1.49. The van der Waals surface area contributed by atoms with E-state index in [2.05, 4.69) is 35.2 Å². The molecule has 7 heteroatoms. The third kappa shape index (κ3) is 3.36. The normalized spacial score (nSPS) is 22.5. The monoisotopic (exact) mass is 341 g/mol. The van der Waals surface area contributed by atoms with Crippen LogP contribution in [0.25, 0.3) is 0 Å². The molecule has 1 aromatic heterocycles. The highest BCUT2D eigenvalue weighted by molar-refractivity contribution is 6.00. The Balaban J connectivity index is 2.06. The van der Waals surface area contributed by atoms with Crippen LogP contribution in [0.5, 0.6) is 0 Å². The van der Waals surface area contributed by atoms with Gasteiger partial charge in [-0.1, -0.05) is 13.8 Å². The number of rotatable bonds is 5. The highest BCUT2D eigenvalue weighted by Gasteiger charge is 2.42. The lowest BCUT2D eigenvalue weighted by Crippen LogP contribution is -2.38. The maximum Gasteiger partial charge on any atom is 0.162 e. The number of hydrogen-bond acceptors (Lipinski definition) is 6. The number of nitrogens with two attached hydrogens (primary N) is 1. The zero-order valence-electron chi connectivity index (χ0n) is 14.6. The van der Waals surface area contributed by atoms with Crippen LogP contribution in [0.3, 0.4) is 0 Å². The summed E-state index contributed by atoms with van der Waals surface area (Å²) in [5.41, 5.74) is 8.03. The molecule has 0 fully saturated rings. The first-order valence-electron chi connectivity index (χ1n) is 8.40. The zero-order chi connectivity index (χ0) is 18.0. The van der Waals surface area contributed by atoms with Gasteiger partial charge in [-0.25, -0.2) is 4.98 Å². The molecule has 0 amide bonds. The number of ketones is 1. The van der Waals surface area contributed by atoms with E-state index in [1.54, 1.807) is 12.4 Å². The van der Waals surface area contributed by atoms with Crippen molar-refractivity contribution in [2.24, 2.45) is 11.1 Å². The van der Waals surface area contributed by atoms with E-state index in [-0.39, 0.29) is 17.8 Å². The number of hydrogen-bond donors (Lipinski definition) is 3. The van der Waals surface area contributed by atoms with Gasteiger partial charge in [-0.05, 0) is 11.8 Å². The van der Waals surface area contributed by atoms with Crippen molar-refractivity contribution in [3.63, 3.8) is 0 Å². The topological polar surface area (TPSA) is 117 Å². The molecule has 1 atom stereocenters. The molecular formula is C18H23N5O2. The van der Waals surface area contributed by atoms with Gasteiger partial charge in [-0.3, -0.25) is 4.79 Å². The van der Waals surface area contributed by atoms with Crippen molar-refractivity contribution in [3.8, 4) is 6.07 Å². The van der Waals surface area contributed by atoms with Gasteiger partial charge in [0.1, 0.15) is 5.82 Å². The van der Waals surface area contributed by atoms with Crippen molar-refractivity contribution in [2.75, 3.05) is 19.8 Å². The van der Waals surface area contributed by atoms with Gasteiger partial charge in [0.2, 0.25) is 0 Å². The molecule has 1 aliphatic carbocycles. The van der Waals surface area contributed by atoms with E-state index in [1.807, 2.05) is 0 Å². The molecule has 0 saturated carbocycles. The van der Waals surface area contributed by atoms with Crippen LogP contribution in [-0.2, 0) is 9.53 Å². The number of imidazole rings is 1. The number of allylic oxidation sites excluding steroid dienone is 3. The summed E-state index contributed by atoms with van der Waals surface area (Å²) in [6.45, 7) is 5.23. The van der Waals surface area contributed by atoms with E-state index in [1.165, 1.54) is 0 Å². The minimum atomic E-state index is -0.476. The van der Waals surface area contributed by atoms with Crippen molar-refractivity contribution >= 4 is 5.78 Å². The Morgan fingerprint density at radius 1 is 1.48 bits per heavy atom. The molecule has 132 valence electrons. The average molecular weight is 341 g/mol. The van der Waals surface area contributed by atoms with E-state index >= 15 is 0 Å². The fourth-order valence-corrected chi connectivity index (χ4v) is 3.56. The summed E-state index contributed by atoms with van der Waals surface area (Å²) in [4.78, 5) is 20.2. The van der Waals surface area contributed by atoms with Crippen LogP contribution in [0.1, 0.15) is 38.4 Å². The fourth-order valence-electron chi connectivity index (χ4n) is 3.56. The van der Waals surface area contributed by atoms with Crippen molar-refractivity contribution in [1.82, 2.24) is 15.3 Å². The standard InChI is InChI=1S/C18H23N5O2/c1-18(2)7-12-16(14(24)8-18)15(17-21-4-5-22-17)11(9-20)13(23-12)10-25-6-3-19/h4-5,15,23H,3,6-8,10,19H2,1-2H3,(H,21,22). The fraction of sp³-hybridized carbons (Fsp3) is 0.500. The SMILES string of the molecule is CC1(C)CC(=O)C2=C(C1)NC(COCCN)=C(C#N)C2c1ncc[nH]1. The summed E-state index contributed by atoms with van der Waals surface area (Å²) >= 11 is 0. The number of carbonyl (C=O) groups excluding carboxylic acids is 1. The first kappa shape index (κ1) is 17.4. The van der Waals surface area contributed by atoms with Gasteiger partial charge in [-0.2, -0.15) is 5.26 Å². The predicted molar refractivity (Wildman–Crippen MR) is 92.0 cm³/mol. The number of nitriles is 1. The lowest BCUT2D eigenvalue weighted by atomic mass is 9.70. The summed E-state index contributed by atoms with van der Waals surface area (Å²) in [5.74, 6) is 0.195. The third-order valence-corrected chi connectivity index (χ3v) is 4.55. The van der Waals surface area contributed by atoms with Crippen molar-refractivity contribution in [3.05, 3.63) is 40.8 Å². The highest BCUT2D eigenvalue weighted by Crippen LogP contribution is 2.45. The number of ether oxygens (including phenoxy) is 1. The Hall–Kier alpha value is -2.43. The first-order chi connectivity index (χ1) is 12.0. The second-order valence-electron chi connectivity index (χ2n) is 7.21. The molecule has 0 aromatic carbocycles. The van der Waals surface area contributed by atoms with Crippen LogP contribution < -0.4 is 11.1 Å². The Morgan fingerprint density at radius 2 is 2.28 bits per heavy atom. The van der Waals surface area contributed by atoms with Crippen LogP contribution in [0.15, 0.2) is 34.9 Å². The van der Waals surface area contributed by atoms with Gasteiger partial charge in [-0.15, -0.1) is 0 Å². The van der Waals surface area contributed by atoms with E-state index in [4.69, 9.17) is 10.5 Å². The lowest BCUT2D eigenvalue weighted by molar-refractivity contribution is -0.118. The molecule has 2 aliphatic rings. The maximum absolute atomic E-state index is 12.9. The summed E-state index contributed by atoms with van der Waals surface area (Å²) in [7, 11) is 0. The molecule has 7 nitrogen and oxygen atoms in total. The van der Waals surface area contributed by atoms with Crippen molar-refractivity contribution in [1.29, 1.82) is 5.26 Å². The highest BCUT2D eigenvalue weighted by atomic mass is 16.5. The second-order valence-corrected chi connectivity index (χ2v) is 7.21. The smallest absolute Gasteiger partial charge is 0.162 e. The number of H-pyrrole nitrogens is 1. The molecule has 0 bridgehead atoms.